The van der Waals surface area contributed by atoms with E-state index in [2.05, 4.69) is 10.2 Å². The van der Waals surface area contributed by atoms with Gasteiger partial charge >= 0.3 is 0 Å². The second kappa shape index (κ2) is 8.69. The molecule has 1 aromatic heterocycles. The molecule has 3 aromatic rings. The first-order chi connectivity index (χ1) is 14.1. The van der Waals surface area contributed by atoms with E-state index in [1.54, 1.807) is 30.6 Å². The van der Waals surface area contributed by atoms with Crippen molar-refractivity contribution in [2.75, 3.05) is 20.2 Å². The number of hydrogen-bond donors (Lipinski definition) is 0. The summed E-state index contributed by atoms with van der Waals surface area (Å²) in [4.78, 5) is 14.4. The summed E-state index contributed by atoms with van der Waals surface area (Å²) in [5.41, 5.74) is 1.70. The minimum Gasteiger partial charge on any atom is -0.497 e. The summed E-state index contributed by atoms with van der Waals surface area (Å²) in [6.45, 7) is 1.35. The number of halogens is 1. The van der Waals surface area contributed by atoms with Crippen LogP contribution in [0.2, 0.25) is 0 Å². The number of carbonyl (C=O) groups excluding carboxylic acids is 1. The van der Waals surface area contributed by atoms with Gasteiger partial charge in [-0.05, 0) is 54.8 Å². The largest absolute Gasteiger partial charge is 0.497 e. The Balaban J connectivity index is 1.34. The summed E-state index contributed by atoms with van der Waals surface area (Å²) in [7, 11) is 1.66. The molecule has 0 spiro atoms. The van der Waals surface area contributed by atoms with Crippen LogP contribution in [-0.2, 0) is 6.42 Å². The number of hydrogen-bond acceptors (Lipinski definition) is 5. The predicted octanol–water partition coefficient (Wildman–Crippen LogP) is 4.30. The first-order valence-corrected chi connectivity index (χ1v) is 10.4. The number of benzene rings is 2. The van der Waals surface area contributed by atoms with E-state index >= 15 is 0 Å². The molecule has 0 aliphatic carbocycles. The van der Waals surface area contributed by atoms with Crippen molar-refractivity contribution in [2.24, 2.45) is 0 Å². The normalized spacial score (nSPS) is 14.8. The molecule has 29 heavy (non-hydrogen) atoms. The lowest BCUT2D eigenvalue weighted by Crippen LogP contribution is -2.37. The van der Waals surface area contributed by atoms with E-state index < -0.39 is 0 Å². The monoisotopic (exact) mass is 411 g/mol. The second-order valence-electron chi connectivity index (χ2n) is 7.13. The highest BCUT2D eigenvalue weighted by Crippen LogP contribution is 2.31. The quantitative estimate of drug-likeness (QED) is 0.628. The van der Waals surface area contributed by atoms with Crippen molar-refractivity contribution in [1.29, 1.82) is 0 Å². The van der Waals surface area contributed by atoms with E-state index in [0.717, 1.165) is 35.0 Å². The highest BCUT2D eigenvalue weighted by molar-refractivity contribution is 7.11. The van der Waals surface area contributed by atoms with Gasteiger partial charge in [0.1, 0.15) is 21.6 Å². The topological polar surface area (TPSA) is 55.3 Å². The third-order valence-corrected chi connectivity index (χ3v) is 6.31. The van der Waals surface area contributed by atoms with Gasteiger partial charge in [-0.25, -0.2) is 4.39 Å². The van der Waals surface area contributed by atoms with Crippen molar-refractivity contribution >= 4 is 17.2 Å². The third-order valence-electron chi connectivity index (χ3n) is 5.22. The van der Waals surface area contributed by atoms with Crippen molar-refractivity contribution < 1.29 is 13.9 Å². The van der Waals surface area contributed by atoms with Gasteiger partial charge in [-0.2, -0.15) is 0 Å². The predicted molar refractivity (Wildman–Crippen MR) is 110 cm³/mol. The van der Waals surface area contributed by atoms with Gasteiger partial charge in [-0.1, -0.05) is 12.1 Å². The average molecular weight is 412 g/mol. The number of ether oxygens (including phenoxy) is 1. The van der Waals surface area contributed by atoms with Crippen LogP contribution in [0.4, 0.5) is 4.39 Å². The number of likely N-dealkylation sites (tertiary alicyclic amines) is 1. The van der Waals surface area contributed by atoms with Gasteiger partial charge in [0, 0.05) is 31.0 Å². The molecule has 1 saturated heterocycles. The van der Waals surface area contributed by atoms with E-state index in [-0.39, 0.29) is 11.7 Å². The third kappa shape index (κ3) is 4.62. The Morgan fingerprint density at radius 2 is 1.79 bits per heavy atom. The molecular formula is C22H22FN3O2S. The number of rotatable bonds is 5. The molecular weight excluding hydrogens is 389 g/mol. The van der Waals surface area contributed by atoms with Gasteiger partial charge < -0.3 is 9.64 Å². The average Bonchev–Trinajstić information content (AvgIpc) is 3.23. The Morgan fingerprint density at radius 3 is 2.45 bits per heavy atom. The number of aromatic nitrogens is 2. The molecule has 1 aliphatic heterocycles. The molecule has 1 fully saturated rings. The molecule has 2 aromatic carbocycles. The van der Waals surface area contributed by atoms with Gasteiger partial charge in [0.25, 0.3) is 5.91 Å². The number of piperidine rings is 1. The fraction of sp³-hybridized carbons (Fsp3) is 0.318. The molecule has 0 bridgehead atoms. The zero-order valence-electron chi connectivity index (χ0n) is 16.2. The fourth-order valence-electron chi connectivity index (χ4n) is 3.53. The van der Waals surface area contributed by atoms with Gasteiger partial charge in [0.2, 0.25) is 0 Å². The molecule has 4 rings (SSSR count). The van der Waals surface area contributed by atoms with Crippen molar-refractivity contribution in [1.82, 2.24) is 15.1 Å². The van der Waals surface area contributed by atoms with E-state index in [0.29, 0.717) is 24.6 Å². The summed E-state index contributed by atoms with van der Waals surface area (Å²) in [5.74, 6) is 0.797. The van der Waals surface area contributed by atoms with Crippen LogP contribution in [0.25, 0.3) is 0 Å². The Hall–Kier alpha value is -2.80. The lowest BCUT2D eigenvalue weighted by atomic mass is 9.97. The van der Waals surface area contributed by atoms with Crippen molar-refractivity contribution in [3.8, 4) is 5.75 Å². The van der Waals surface area contributed by atoms with E-state index in [1.165, 1.54) is 17.7 Å². The molecule has 1 amide bonds. The van der Waals surface area contributed by atoms with Gasteiger partial charge in [0.15, 0.2) is 0 Å². The lowest BCUT2D eigenvalue weighted by Gasteiger charge is -2.31. The molecule has 150 valence electrons. The van der Waals surface area contributed by atoms with Crippen molar-refractivity contribution in [3.05, 3.63) is 75.5 Å². The number of amides is 1. The SMILES string of the molecule is COc1ccc(Cc2nnc(C3CCN(C(=O)c4ccc(F)cc4)CC3)s2)cc1. The van der Waals surface area contributed by atoms with Crippen LogP contribution in [-0.4, -0.2) is 41.2 Å². The van der Waals surface area contributed by atoms with E-state index in [1.807, 2.05) is 29.2 Å². The lowest BCUT2D eigenvalue weighted by molar-refractivity contribution is 0.0713. The van der Waals surface area contributed by atoms with E-state index in [9.17, 15) is 9.18 Å². The summed E-state index contributed by atoms with van der Waals surface area (Å²) in [5, 5.41) is 10.8. The van der Waals surface area contributed by atoms with Gasteiger partial charge in [-0.3, -0.25) is 4.79 Å². The molecule has 0 radical (unpaired) electrons. The van der Waals surface area contributed by atoms with Gasteiger partial charge in [-0.15, -0.1) is 21.5 Å². The highest BCUT2D eigenvalue weighted by atomic mass is 32.1. The van der Waals surface area contributed by atoms with E-state index in [4.69, 9.17) is 4.74 Å². The Labute approximate surface area is 173 Å². The van der Waals surface area contributed by atoms with Crippen molar-refractivity contribution in [3.63, 3.8) is 0 Å². The maximum absolute atomic E-state index is 13.1. The molecule has 5 nitrogen and oxygen atoms in total. The van der Waals surface area contributed by atoms with Crippen LogP contribution < -0.4 is 4.74 Å². The second-order valence-corrected chi connectivity index (χ2v) is 8.23. The standard InChI is InChI=1S/C22H22FN3O2S/c1-28-19-8-2-15(3-9-19)14-20-24-25-21(29-20)16-10-12-26(13-11-16)22(27)17-4-6-18(23)7-5-17/h2-9,16H,10-14H2,1H3. The zero-order valence-corrected chi connectivity index (χ0v) is 17.0. The van der Waals surface area contributed by atoms with Crippen LogP contribution in [0.5, 0.6) is 5.75 Å². The summed E-state index contributed by atoms with van der Waals surface area (Å²) < 4.78 is 18.3. The van der Waals surface area contributed by atoms with Crippen LogP contribution in [0, 0.1) is 5.82 Å². The van der Waals surface area contributed by atoms with Crippen LogP contribution in [0.15, 0.2) is 48.5 Å². The summed E-state index contributed by atoms with van der Waals surface area (Å²) >= 11 is 1.65. The summed E-state index contributed by atoms with van der Waals surface area (Å²) in [6.07, 6.45) is 2.48. The Morgan fingerprint density at radius 1 is 1.10 bits per heavy atom. The van der Waals surface area contributed by atoms with Gasteiger partial charge in [0.05, 0.1) is 7.11 Å². The zero-order chi connectivity index (χ0) is 20.2. The summed E-state index contributed by atoms with van der Waals surface area (Å²) in [6, 6.07) is 13.7. The van der Waals surface area contributed by atoms with Crippen LogP contribution in [0.3, 0.4) is 0 Å². The molecule has 0 atom stereocenters. The maximum Gasteiger partial charge on any atom is 0.253 e. The number of methoxy groups -OCH3 is 1. The number of nitrogens with zero attached hydrogens (tertiary/aromatic N) is 3. The van der Waals surface area contributed by atoms with Crippen LogP contribution in [0.1, 0.15) is 44.7 Å². The maximum atomic E-state index is 13.1. The molecule has 0 unspecified atom stereocenters. The Kier molecular flexibility index (Phi) is 5.85. The smallest absolute Gasteiger partial charge is 0.253 e. The molecule has 1 aliphatic rings. The van der Waals surface area contributed by atoms with Crippen molar-refractivity contribution in [2.45, 2.75) is 25.2 Å². The minimum atomic E-state index is -0.332. The number of carbonyl (C=O) groups is 1. The molecule has 0 saturated carbocycles. The first-order valence-electron chi connectivity index (χ1n) is 9.62. The van der Waals surface area contributed by atoms with Crippen LogP contribution >= 0.6 is 11.3 Å². The first kappa shape index (κ1) is 19.5. The minimum absolute atomic E-state index is 0.0408. The highest BCUT2D eigenvalue weighted by Gasteiger charge is 2.26. The molecule has 2 heterocycles. The molecule has 7 heteroatoms. The fourth-order valence-corrected chi connectivity index (χ4v) is 4.57. The Bertz CT molecular complexity index is 964. The molecule has 0 N–H and O–H groups in total.